The van der Waals surface area contributed by atoms with Crippen molar-refractivity contribution in [3.63, 3.8) is 0 Å². The van der Waals surface area contributed by atoms with Crippen molar-refractivity contribution in [2.45, 2.75) is 60.4 Å². The average molecular weight is 473 g/mol. The molecule has 4 N–H and O–H groups in total. The molecule has 6 nitrogen and oxygen atoms in total. The van der Waals surface area contributed by atoms with Crippen molar-refractivity contribution in [2.24, 2.45) is 18.7 Å². The number of rotatable bonds is 10. The van der Waals surface area contributed by atoms with Gasteiger partial charge in [0, 0.05) is 49.5 Å². The molecule has 0 radical (unpaired) electrons. The second-order valence-electron chi connectivity index (χ2n) is 9.82. The molecule has 0 aliphatic carbocycles. The highest BCUT2D eigenvalue weighted by Crippen LogP contribution is 2.32. The molecule has 0 atom stereocenters. The molecular formula is C29H40N6. The molecule has 1 aromatic carbocycles. The van der Waals surface area contributed by atoms with Crippen LogP contribution in [0.3, 0.4) is 0 Å². The van der Waals surface area contributed by atoms with Crippen molar-refractivity contribution in [1.82, 2.24) is 14.5 Å². The van der Waals surface area contributed by atoms with Crippen LogP contribution in [0.4, 0.5) is 0 Å². The van der Waals surface area contributed by atoms with E-state index in [0.29, 0.717) is 30.1 Å². The monoisotopic (exact) mass is 472 g/mol. The first-order valence-corrected chi connectivity index (χ1v) is 12.5. The molecule has 0 spiro atoms. The number of nitrogens with zero attached hydrogens (tertiary/aromatic N) is 3. The number of imidazole rings is 1. The Morgan fingerprint density at radius 3 is 2.63 bits per heavy atom. The Morgan fingerprint density at radius 1 is 1.26 bits per heavy atom. The largest absolute Gasteiger partial charge is 0.398 e. The SMILES string of the molecule is CCCC/C(=C\C(=N)C(C)C)c1cn(C)c(C2=C(C=N)C(N)=CCN2Cc2ccc(C)cc2C)n1. The zero-order valence-corrected chi connectivity index (χ0v) is 22.1. The number of hydrogen-bond donors (Lipinski definition) is 3. The van der Waals surface area contributed by atoms with E-state index in [2.05, 4.69) is 43.9 Å². The maximum Gasteiger partial charge on any atom is 0.157 e. The summed E-state index contributed by atoms with van der Waals surface area (Å²) in [6.45, 7) is 11.9. The van der Waals surface area contributed by atoms with Gasteiger partial charge in [-0.2, -0.15) is 0 Å². The van der Waals surface area contributed by atoms with Gasteiger partial charge in [0.1, 0.15) is 0 Å². The summed E-state index contributed by atoms with van der Waals surface area (Å²) in [7, 11) is 2.00. The number of nitrogens with one attached hydrogen (secondary N) is 2. The molecule has 6 heteroatoms. The van der Waals surface area contributed by atoms with Crippen LogP contribution in [0.1, 0.15) is 68.2 Å². The third-order valence-corrected chi connectivity index (χ3v) is 6.59. The first-order valence-electron chi connectivity index (χ1n) is 12.5. The van der Waals surface area contributed by atoms with Crippen molar-refractivity contribution >= 4 is 23.2 Å². The number of unbranched alkanes of at least 4 members (excludes halogenated alkanes) is 1. The molecule has 0 amide bonds. The maximum atomic E-state index is 8.41. The number of aryl methyl sites for hydroxylation is 3. The van der Waals surface area contributed by atoms with Crippen LogP contribution in [0.2, 0.25) is 0 Å². The van der Waals surface area contributed by atoms with Gasteiger partial charge in [-0.05, 0) is 61.5 Å². The van der Waals surface area contributed by atoms with E-state index in [-0.39, 0.29) is 5.92 Å². The molecule has 0 fully saturated rings. The smallest absolute Gasteiger partial charge is 0.157 e. The fraction of sp³-hybridized carbons (Fsp3) is 0.414. The van der Waals surface area contributed by atoms with Crippen LogP contribution in [0.25, 0.3) is 11.3 Å². The molecule has 0 saturated carbocycles. The van der Waals surface area contributed by atoms with Crippen molar-refractivity contribution in [2.75, 3.05) is 6.54 Å². The minimum atomic E-state index is 0.165. The topological polar surface area (TPSA) is 94.8 Å². The van der Waals surface area contributed by atoms with Crippen molar-refractivity contribution in [3.8, 4) is 0 Å². The Bertz CT molecular complexity index is 1190. The van der Waals surface area contributed by atoms with Gasteiger partial charge in [0.2, 0.25) is 0 Å². The zero-order chi connectivity index (χ0) is 25.7. The normalized spacial score (nSPS) is 14.5. The molecule has 35 heavy (non-hydrogen) atoms. The highest BCUT2D eigenvalue weighted by molar-refractivity contribution is 6.00. The molecule has 186 valence electrons. The second-order valence-corrected chi connectivity index (χ2v) is 9.82. The summed E-state index contributed by atoms with van der Waals surface area (Å²) in [5.41, 5.74) is 14.9. The fourth-order valence-electron chi connectivity index (χ4n) is 4.34. The van der Waals surface area contributed by atoms with Crippen molar-refractivity contribution in [3.05, 3.63) is 76.0 Å². The lowest BCUT2D eigenvalue weighted by atomic mass is 10.00. The fourth-order valence-corrected chi connectivity index (χ4v) is 4.34. The lowest BCUT2D eigenvalue weighted by molar-refractivity contribution is 0.419. The van der Waals surface area contributed by atoms with Crippen molar-refractivity contribution < 1.29 is 0 Å². The summed E-state index contributed by atoms with van der Waals surface area (Å²) >= 11 is 0. The van der Waals surface area contributed by atoms with Gasteiger partial charge < -0.3 is 26.0 Å². The number of nitrogens with two attached hydrogens (primary N) is 1. The third kappa shape index (κ3) is 5.99. The molecular weight excluding hydrogens is 432 g/mol. The van der Waals surface area contributed by atoms with Crippen LogP contribution >= 0.6 is 0 Å². The zero-order valence-electron chi connectivity index (χ0n) is 22.1. The summed E-state index contributed by atoms with van der Waals surface area (Å²) in [6.07, 6.45) is 10.4. The predicted octanol–water partition coefficient (Wildman–Crippen LogP) is 6.01. The molecule has 3 rings (SSSR count). The Hall–Kier alpha value is -3.41. The van der Waals surface area contributed by atoms with Crippen LogP contribution in [-0.2, 0) is 13.6 Å². The van der Waals surface area contributed by atoms with Gasteiger partial charge in [-0.1, -0.05) is 51.0 Å². The highest BCUT2D eigenvalue weighted by atomic mass is 15.2. The minimum Gasteiger partial charge on any atom is -0.398 e. The summed E-state index contributed by atoms with van der Waals surface area (Å²) in [5, 5.41) is 16.5. The number of benzene rings is 1. The summed E-state index contributed by atoms with van der Waals surface area (Å²) < 4.78 is 2.03. The van der Waals surface area contributed by atoms with Crippen LogP contribution in [-0.4, -0.2) is 32.9 Å². The molecule has 1 aliphatic rings. The van der Waals surface area contributed by atoms with E-state index in [4.69, 9.17) is 21.5 Å². The van der Waals surface area contributed by atoms with Gasteiger partial charge in [0.25, 0.3) is 0 Å². The van der Waals surface area contributed by atoms with Gasteiger partial charge in [0.15, 0.2) is 5.82 Å². The Labute approximate surface area is 210 Å². The Kier molecular flexibility index (Phi) is 8.49. The first kappa shape index (κ1) is 26.2. The van der Waals surface area contributed by atoms with Gasteiger partial charge in [0.05, 0.1) is 11.4 Å². The molecule has 2 aromatic rings. The van der Waals surface area contributed by atoms with Gasteiger partial charge in [-0.15, -0.1) is 0 Å². The van der Waals surface area contributed by atoms with Crippen LogP contribution in [0, 0.1) is 30.6 Å². The summed E-state index contributed by atoms with van der Waals surface area (Å²) in [6, 6.07) is 6.53. The molecule has 0 saturated heterocycles. The lowest BCUT2D eigenvalue weighted by Gasteiger charge is -2.31. The first-order chi connectivity index (χ1) is 16.7. The van der Waals surface area contributed by atoms with Crippen LogP contribution in [0.15, 0.2) is 47.8 Å². The predicted molar refractivity (Wildman–Crippen MR) is 148 cm³/mol. The second kappa shape index (κ2) is 11.3. The molecule has 2 heterocycles. The van der Waals surface area contributed by atoms with Gasteiger partial charge in [-0.25, -0.2) is 4.98 Å². The Balaban J connectivity index is 2.09. The maximum absolute atomic E-state index is 8.41. The van der Waals surface area contributed by atoms with E-state index in [9.17, 15) is 0 Å². The lowest BCUT2D eigenvalue weighted by Crippen LogP contribution is -2.30. The van der Waals surface area contributed by atoms with E-state index >= 15 is 0 Å². The number of aromatic nitrogens is 2. The van der Waals surface area contributed by atoms with E-state index < -0.39 is 0 Å². The molecule has 1 aliphatic heterocycles. The van der Waals surface area contributed by atoms with E-state index in [1.54, 1.807) is 0 Å². The molecule has 0 unspecified atom stereocenters. The molecule has 0 bridgehead atoms. The van der Waals surface area contributed by atoms with Crippen LogP contribution in [0.5, 0.6) is 0 Å². The van der Waals surface area contributed by atoms with Gasteiger partial charge in [-0.3, -0.25) is 0 Å². The summed E-state index contributed by atoms with van der Waals surface area (Å²) in [5.74, 6) is 0.955. The quantitative estimate of drug-likeness (QED) is 0.370. The van der Waals surface area contributed by atoms with Gasteiger partial charge >= 0.3 is 0 Å². The van der Waals surface area contributed by atoms with Crippen molar-refractivity contribution in [1.29, 1.82) is 10.8 Å². The minimum absolute atomic E-state index is 0.165. The number of hydrogen-bond acceptors (Lipinski definition) is 5. The Morgan fingerprint density at radius 2 is 2.00 bits per heavy atom. The third-order valence-electron chi connectivity index (χ3n) is 6.59. The average Bonchev–Trinajstić information content (AvgIpc) is 3.19. The van der Waals surface area contributed by atoms with Crippen LogP contribution < -0.4 is 5.73 Å². The highest BCUT2D eigenvalue weighted by Gasteiger charge is 2.26. The summed E-state index contributed by atoms with van der Waals surface area (Å²) in [4.78, 5) is 7.33. The number of allylic oxidation sites excluding steroid dienone is 3. The van der Waals surface area contributed by atoms with E-state index in [1.807, 2.05) is 43.8 Å². The standard InChI is InChI=1S/C29H40N6/c1-7-8-9-22(15-26(32)19(2)3)27-18-34(6)29(33-27)28-24(16-30)25(31)12-13-35(28)17-23-11-10-20(4)14-21(23)5/h10-12,14-16,18-19,30,32H,7-9,13,17,31H2,1-6H3/b22-15+,30-16?,32-26?. The molecule has 1 aromatic heterocycles. The van der Waals surface area contributed by atoms with E-state index in [0.717, 1.165) is 42.1 Å². The van der Waals surface area contributed by atoms with E-state index in [1.165, 1.54) is 22.9 Å².